The molecule has 2 saturated heterocycles. The lowest BCUT2D eigenvalue weighted by molar-refractivity contribution is -0.0363. The van der Waals surface area contributed by atoms with Crippen molar-refractivity contribution >= 4 is 10.0 Å². The molecule has 0 spiro atoms. The van der Waals surface area contributed by atoms with E-state index in [2.05, 4.69) is 36.5 Å². The van der Waals surface area contributed by atoms with E-state index in [-0.39, 0.29) is 11.5 Å². The summed E-state index contributed by atoms with van der Waals surface area (Å²) in [4.78, 5) is 0.371. The maximum Gasteiger partial charge on any atom is 0.243 e. The van der Waals surface area contributed by atoms with E-state index in [1.54, 1.807) is 28.6 Å². The smallest absolute Gasteiger partial charge is 0.243 e. The lowest BCUT2D eigenvalue weighted by Crippen LogP contribution is -2.57. The first-order valence-electron chi connectivity index (χ1n) is 11.0. The van der Waals surface area contributed by atoms with E-state index in [1.807, 2.05) is 12.1 Å². The molecule has 2 atom stereocenters. The SMILES string of the molecule is CCOC(C1CCCN1)C1(c2ccccc2)CCN(S(=O)(=O)c2ccccc2)CC1. The maximum atomic E-state index is 13.2. The molecule has 0 aliphatic carbocycles. The van der Waals surface area contributed by atoms with Gasteiger partial charge in [-0.2, -0.15) is 4.31 Å². The van der Waals surface area contributed by atoms with E-state index in [4.69, 9.17) is 4.74 Å². The predicted molar refractivity (Wildman–Crippen MR) is 119 cm³/mol. The Hall–Kier alpha value is -1.73. The van der Waals surface area contributed by atoms with E-state index >= 15 is 0 Å². The Morgan fingerprint density at radius 3 is 2.27 bits per heavy atom. The van der Waals surface area contributed by atoms with E-state index in [0.717, 1.165) is 32.2 Å². The largest absolute Gasteiger partial charge is 0.376 e. The van der Waals surface area contributed by atoms with E-state index in [9.17, 15) is 8.42 Å². The van der Waals surface area contributed by atoms with Crippen LogP contribution in [0, 0.1) is 0 Å². The number of hydrogen-bond donors (Lipinski definition) is 1. The highest BCUT2D eigenvalue weighted by molar-refractivity contribution is 7.89. The summed E-state index contributed by atoms with van der Waals surface area (Å²) in [6.07, 6.45) is 3.81. The molecule has 6 heteroatoms. The van der Waals surface area contributed by atoms with Crippen LogP contribution in [-0.2, 0) is 20.2 Å². The Balaban J connectivity index is 1.64. The van der Waals surface area contributed by atoms with Crippen LogP contribution in [0.1, 0.15) is 38.2 Å². The molecular formula is C24H32N2O3S. The second-order valence-electron chi connectivity index (χ2n) is 8.32. The van der Waals surface area contributed by atoms with Crippen LogP contribution >= 0.6 is 0 Å². The third-order valence-corrected chi connectivity index (χ3v) is 8.61. The maximum absolute atomic E-state index is 13.2. The van der Waals surface area contributed by atoms with Gasteiger partial charge in [0.15, 0.2) is 0 Å². The summed E-state index contributed by atoms with van der Waals surface area (Å²) in [5.41, 5.74) is 1.07. The van der Waals surface area contributed by atoms with Crippen LogP contribution in [-0.4, -0.2) is 51.1 Å². The van der Waals surface area contributed by atoms with Crippen LogP contribution in [0.5, 0.6) is 0 Å². The van der Waals surface area contributed by atoms with Gasteiger partial charge in [-0.3, -0.25) is 0 Å². The van der Waals surface area contributed by atoms with Crippen molar-refractivity contribution in [2.24, 2.45) is 0 Å². The predicted octanol–water partition coefficient (Wildman–Crippen LogP) is 3.57. The van der Waals surface area contributed by atoms with Gasteiger partial charge in [-0.1, -0.05) is 48.5 Å². The van der Waals surface area contributed by atoms with Crippen LogP contribution in [0.2, 0.25) is 0 Å². The van der Waals surface area contributed by atoms with Gasteiger partial charge in [0.2, 0.25) is 10.0 Å². The molecule has 2 aromatic rings. The van der Waals surface area contributed by atoms with Crippen molar-refractivity contribution in [2.45, 2.75) is 55.1 Å². The van der Waals surface area contributed by atoms with Gasteiger partial charge in [0.05, 0.1) is 11.0 Å². The summed E-state index contributed by atoms with van der Waals surface area (Å²) >= 11 is 0. The van der Waals surface area contributed by atoms with Gasteiger partial charge in [0, 0.05) is 31.2 Å². The number of nitrogens with zero attached hydrogens (tertiary/aromatic N) is 1. The Kier molecular flexibility index (Phi) is 6.58. The fraction of sp³-hybridized carbons (Fsp3) is 0.500. The molecule has 0 saturated carbocycles. The first-order valence-corrected chi connectivity index (χ1v) is 12.5. The second-order valence-corrected chi connectivity index (χ2v) is 10.3. The number of benzene rings is 2. The van der Waals surface area contributed by atoms with Gasteiger partial charge in [-0.25, -0.2) is 8.42 Å². The minimum absolute atomic E-state index is 0.0361. The highest BCUT2D eigenvalue weighted by Crippen LogP contribution is 2.43. The first-order chi connectivity index (χ1) is 14.6. The monoisotopic (exact) mass is 428 g/mol. The molecule has 0 amide bonds. The normalized spacial score (nSPS) is 23.3. The van der Waals surface area contributed by atoms with Crippen LogP contribution in [0.25, 0.3) is 0 Å². The zero-order valence-corrected chi connectivity index (χ0v) is 18.5. The summed E-state index contributed by atoms with van der Waals surface area (Å²) in [6.45, 7) is 4.73. The van der Waals surface area contributed by atoms with Gasteiger partial charge in [0.1, 0.15) is 0 Å². The Morgan fingerprint density at radius 2 is 1.70 bits per heavy atom. The van der Waals surface area contributed by atoms with Gasteiger partial charge >= 0.3 is 0 Å². The Bertz CT molecular complexity index is 904. The van der Waals surface area contributed by atoms with Gasteiger partial charge in [-0.05, 0) is 56.8 Å². The van der Waals surface area contributed by atoms with E-state index in [1.165, 1.54) is 5.56 Å². The number of nitrogens with one attached hydrogen (secondary N) is 1. The molecule has 2 aliphatic heterocycles. The van der Waals surface area contributed by atoms with Crippen molar-refractivity contribution in [3.05, 3.63) is 66.2 Å². The van der Waals surface area contributed by atoms with Crippen molar-refractivity contribution in [2.75, 3.05) is 26.2 Å². The van der Waals surface area contributed by atoms with Crippen molar-refractivity contribution in [3.63, 3.8) is 0 Å². The molecule has 4 rings (SSSR count). The minimum Gasteiger partial charge on any atom is -0.376 e. The molecule has 0 bridgehead atoms. The molecule has 5 nitrogen and oxygen atoms in total. The fourth-order valence-corrected chi connectivity index (χ4v) is 6.65. The molecule has 2 fully saturated rings. The number of hydrogen-bond acceptors (Lipinski definition) is 4. The summed E-state index contributed by atoms with van der Waals surface area (Å²) < 4.78 is 34.4. The summed E-state index contributed by atoms with van der Waals surface area (Å²) in [7, 11) is -3.47. The molecule has 30 heavy (non-hydrogen) atoms. The highest BCUT2D eigenvalue weighted by atomic mass is 32.2. The zero-order chi connectivity index (χ0) is 21.0. The van der Waals surface area contributed by atoms with Crippen molar-refractivity contribution < 1.29 is 13.2 Å². The first kappa shape index (κ1) is 21.5. The lowest BCUT2D eigenvalue weighted by atomic mass is 9.67. The number of sulfonamides is 1. The van der Waals surface area contributed by atoms with Crippen molar-refractivity contribution in [1.29, 1.82) is 0 Å². The molecule has 162 valence electrons. The molecule has 2 aliphatic rings. The third kappa shape index (κ3) is 4.06. The average molecular weight is 429 g/mol. The lowest BCUT2D eigenvalue weighted by Gasteiger charge is -2.48. The Morgan fingerprint density at radius 1 is 1.07 bits per heavy atom. The average Bonchev–Trinajstić information content (AvgIpc) is 3.33. The topological polar surface area (TPSA) is 58.6 Å². The number of piperidine rings is 1. The highest BCUT2D eigenvalue weighted by Gasteiger charge is 2.48. The molecular weight excluding hydrogens is 396 g/mol. The second kappa shape index (κ2) is 9.18. The fourth-order valence-electron chi connectivity index (χ4n) is 5.18. The van der Waals surface area contributed by atoms with E-state index in [0.29, 0.717) is 30.6 Å². The molecule has 1 N–H and O–H groups in total. The number of ether oxygens (including phenoxy) is 1. The van der Waals surface area contributed by atoms with Crippen LogP contribution < -0.4 is 5.32 Å². The minimum atomic E-state index is -3.47. The summed E-state index contributed by atoms with van der Waals surface area (Å²) in [6, 6.07) is 19.6. The van der Waals surface area contributed by atoms with Gasteiger partial charge in [-0.15, -0.1) is 0 Å². The van der Waals surface area contributed by atoms with Crippen LogP contribution in [0.4, 0.5) is 0 Å². The van der Waals surface area contributed by atoms with Crippen LogP contribution in [0.15, 0.2) is 65.6 Å². The van der Waals surface area contributed by atoms with Gasteiger partial charge < -0.3 is 10.1 Å². The quantitative estimate of drug-likeness (QED) is 0.733. The van der Waals surface area contributed by atoms with Gasteiger partial charge in [0.25, 0.3) is 0 Å². The zero-order valence-electron chi connectivity index (χ0n) is 17.7. The Labute approximate surface area is 180 Å². The summed E-state index contributed by atoms with van der Waals surface area (Å²) in [5, 5.41) is 3.64. The molecule has 0 radical (unpaired) electrons. The molecule has 0 aromatic heterocycles. The summed E-state index contributed by atoms with van der Waals surface area (Å²) in [5.74, 6) is 0. The van der Waals surface area contributed by atoms with Crippen molar-refractivity contribution in [3.8, 4) is 0 Å². The van der Waals surface area contributed by atoms with Crippen LogP contribution in [0.3, 0.4) is 0 Å². The molecule has 2 aromatic carbocycles. The third-order valence-electron chi connectivity index (χ3n) is 6.70. The standard InChI is InChI=1S/C24H32N2O3S/c1-2-29-23(22-14-9-17-25-22)24(20-10-5-3-6-11-20)15-18-26(19-16-24)30(27,28)21-12-7-4-8-13-21/h3-8,10-13,22-23,25H,2,9,14-19H2,1H3. The number of rotatable bonds is 7. The molecule has 2 heterocycles. The van der Waals surface area contributed by atoms with Crippen molar-refractivity contribution in [1.82, 2.24) is 9.62 Å². The van der Waals surface area contributed by atoms with E-state index < -0.39 is 10.0 Å². The molecule has 2 unspecified atom stereocenters.